The van der Waals surface area contributed by atoms with Gasteiger partial charge in [0.05, 0.1) is 5.92 Å². The molecule has 2 rings (SSSR count). The second kappa shape index (κ2) is 7.64. The van der Waals surface area contributed by atoms with E-state index in [1.165, 1.54) is 25.7 Å². The number of nitrogens with one attached hydrogen (secondary N) is 1. The summed E-state index contributed by atoms with van der Waals surface area (Å²) in [7, 11) is 0. The van der Waals surface area contributed by atoms with Crippen molar-refractivity contribution < 1.29 is 13.2 Å². The molecule has 0 amide bonds. The van der Waals surface area contributed by atoms with Crippen LogP contribution in [0.15, 0.2) is 0 Å². The molecule has 1 heterocycles. The number of nitrogens with zero attached hydrogens (tertiary/aromatic N) is 1. The molecule has 1 saturated heterocycles. The summed E-state index contributed by atoms with van der Waals surface area (Å²) in [6.45, 7) is 3.00. The fourth-order valence-corrected chi connectivity index (χ4v) is 2.93. The number of likely N-dealkylation sites (tertiary alicyclic amines) is 1. The van der Waals surface area contributed by atoms with Crippen molar-refractivity contribution in [1.82, 2.24) is 10.2 Å². The Bertz CT molecular complexity index is 277. The number of alkyl halides is 3. The molecule has 1 atom stereocenters. The van der Waals surface area contributed by atoms with Crippen molar-refractivity contribution in [2.24, 2.45) is 5.92 Å². The van der Waals surface area contributed by atoms with Gasteiger partial charge in [-0.15, -0.1) is 0 Å². The highest BCUT2D eigenvalue weighted by Crippen LogP contribution is 2.33. The lowest BCUT2D eigenvalue weighted by Gasteiger charge is -2.33. The lowest BCUT2D eigenvalue weighted by molar-refractivity contribution is -0.186. The van der Waals surface area contributed by atoms with Crippen molar-refractivity contribution in [2.45, 2.75) is 63.6 Å². The minimum Gasteiger partial charge on any atom is -0.314 e. The number of piperidine rings is 1. The predicted molar refractivity (Wildman–Crippen MR) is 74.7 cm³/mol. The van der Waals surface area contributed by atoms with Crippen LogP contribution in [0.1, 0.15) is 51.4 Å². The molecule has 1 saturated carbocycles. The van der Waals surface area contributed by atoms with E-state index >= 15 is 0 Å². The molecule has 118 valence electrons. The molecule has 2 aliphatic rings. The third kappa shape index (κ3) is 6.00. The molecule has 5 heteroatoms. The van der Waals surface area contributed by atoms with Crippen LogP contribution in [0.5, 0.6) is 0 Å². The first-order valence-electron chi connectivity index (χ1n) is 8.08. The van der Waals surface area contributed by atoms with E-state index in [9.17, 15) is 13.2 Å². The number of rotatable bonds is 8. The average Bonchev–Trinajstić information content (AvgIpc) is 3.21. The Hall–Kier alpha value is -0.290. The van der Waals surface area contributed by atoms with Crippen molar-refractivity contribution >= 4 is 0 Å². The highest BCUT2D eigenvalue weighted by Gasteiger charge is 2.41. The van der Waals surface area contributed by atoms with Gasteiger partial charge in [0, 0.05) is 12.6 Å². The summed E-state index contributed by atoms with van der Waals surface area (Å²) in [6, 6.07) is 0.780. The van der Waals surface area contributed by atoms with Crippen LogP contribution in [-0.2, 0) is 0 Å². The minimum atomic E-state index is -4.01. The number of hydrogen-bond acceptors (Lipinski definition) is 2. The predicted octanol–water partition coefficient (Wildman–Crippen LogP) is 3.57. The summed E-state index contributed by atoms with van der Waals surface area (Å²) in [5.74, 6) is -1.10. The number of halogens is 3. The zero-order valence-corrected chi connectivity index (χ0v) is 12.2. The maximum absolute atomic E-state index is 12.7. The van der Waals surface area contributed by atoms with Gasteiger partial charge in [-0.1, -0.05) is 12.8 Å². The van der Waals surface area contributed by atoms with Gasteiger partial charge in [-0.2, -0.15) is 13.2 Å². The topological polar surface area (TPSA) is 15.3 Å². The van der Waals surface area contributed by atoms with Crippen LogP contribution in [-0.4, -0.2) is 43.3 Å². The van der Waals surface area contributed by atoms with Crippen molar-refractivity contribution in [3.8, 4) is 0 Å². The van der Waals surface area contributed by atoms with E-state index in [0.717, 1.165) is 38.5 Å². The first-order chi connectivity index (χ1) is 9.55. The van der Waals surface area contributed by atoms with Crippen LogP contribution in [0, 0.1) is 5.92 Å². The van der Waals surface area contributed by atoms with Gasteiger partial charge in [-0.05, 0) is 58.2 Å². The fraction of sp³-hybridized carbons (Fsp3) is 1.00. The first-order valence-corrected chi connectivity index (χ1v) is 8.08. The second-order valence-electron chi connectivity index (χ2n) is 6.32. The van der Waals surface area contributed by atoms with Gasteiger partial charge >= 0.3 is 6.18 Å². The van der Waals surface area contributed by atoms with Gasteiger partial charge in [0.25, 0.3) is 0 Å². The van der Waals surface area contributed by atoms with Crippen LogP contribution in [0.2, 0.25) is 0 Å². The van der Waals surface area contributed by atoms with Gasteiger partial charge in [0.1, 0.15) is 0 Å². The Kier molecular flexibility index (Phi) is 6.15. The van der Waals surface area contributed by atoms with E-state index in [0.29, 0.717) is 12.8 Å². The second-order valence-corrected chi connectivity index (χ2v) is 6.32. The first kappa shape index (κ1) is 16.1. The monoisotopic (exact) mass is 292 g/mol. The fourth-order valence-electron chi connectivity index (χ4n) is 2.93. The SMILES string of the molecule is FC(F)(F)C1CCCN(CCCCCCNC2CC2)C1. The van der Waals surface area contributed by atoms with E-state index < -0.39 is 12.1 Å². The zero-order chi connectivity index (χ0) is 14.4. The lowest BCUT2D eigenvalue weighted by Crippen LogP contribution is -2.42. The average molecular weight is 292 g/mol. The summed E-state index contributed by atoms with van der Waals surface area (Å²) in [6.07, 6.45) is 4.21. The molecule has 0 aromatic carbocycles. The number of hydrogen-bond donors (Lipinski definition) is 1. The molecular formula is C15H27F3N2. The molecular weight excluding hydrogens is 265 g/mol. The summed E-state index contributed by atoms with van der Waals surface area (Å²) in [5, 5.41) is 3.48. The third-order valence-electron chi connectivity index (χ3n) is 4.38. The summed E-state index contributed by atoms with van der Waals surface area (Å²) < 4.78 is 38.0. The molecule has 0 bridgehead atoms. The third-order valence-corrected chi connectivity index (χ3v) is 4.38. The molecule has 1 N–H and O–H groups in total. The minimum absolute atomic E-state index is 0.215. The van der Waals surface area contributed by atoms with Gasteiger partial charge in [-0.25, -0.2) is 0 Å². The Balaban J connectivity index is 1.48. The molecule has 1 unspecified atom stereocenters. The van der Waals surface area contributed by atoms with E-state index in [1.807, 2.05) is 4.90 Å². The van der Waals surface area contributed by atoms with Crippen molar-refractivity contribution in [3.05, 3.63) is 0 Å². The Morgan fingerprint density at radius 1 is 1.00 bits per heavy atom. The Labute approximate surface area is 120 Å². The maximum Gasteiger partial charge on any atom is 0.393 e. The molecule has 2 nitrogen and oxygen atoms in total. The molecule has 0 radical (unpaired) electrons. The van der Waals surface area contributed by atoms with Gasteiger partial charge in [0.2, 0.25) is 0 Å². The van der Waals surface area contributed by atoms with Crippen molar-refractivity contribution in [1.29, 1.82) is 0 Å². The van der Waals surface area contributed by atoms with E-state index in [2.05, 4.69) is 5.32 Å². The van der Waals surface area contributed by atoms with Crippen LogP contribution in [0.25, 0.3) is 0 Å². The molecule has 2 fully saturated rings. The highest BCUT2D eigenvalue weighted by atomic mass is 19.4. The molecule has 0 aromatic rings. The lowest BCUT2D eigenvalue weighted by atomic mass is 9.97. The summed E-state index contributed by atoms with van der Waals surface area (Å²) in [5.41, 5.74) is 0. The number of unbranched alkanes of at least 4 members (excludes halogenated alkanes) is 3. The summed E-state index contributed by atoms with van der Waals surface area (Å²) >= 11 is 0. The van der Waals surface area contributed by atoms with Gasteiger partial charge in [0.15, 0.2) is 0 Å². The van der Waals surface area contributed by atoms with Gasteiger partial charge in [-0.3, -0.25) is 0 Å². The molecule has 1 aliphatic heterocycles. The van der Waals surface area contributed by atoms with Crippen LogP contribution in [0.3, 0.4) is 0 Å². The molecule has 20 heavy (non-hydrogen) atoms. The van der Waals surface area contributed by atoms with Gasteiger partial charge < -0.3 is 10.2 Å². The normalized spacial score (nSPS) is 25.1. The smallest absolute Gasteiger partial charge is 0.314 e. The quantitative estimate of drug-likeness (QED) is 0.688. The van der Waals surface area contributed by atoms with Crippen LogP contribution < -0.4 is 5.32 Å². The van der Waals surface area contributed by atoms with Crippen molar-refractivity contribution in [3.63, 3.8) is 0 Å². The molecule has 0 aromatic heterocycles. The van der Waals surface area contributed by atoms with E-state index in [-0.39, 0.29) is 6.54 Å². The van der Waals surface area contributed by atoms with Crippen molar-refractivity contribution in [2.75, 3.05) is 26.2 Å². The summed E-state index contributed by atoms with van der Waals surface area (Å²) in [4.78, 5) is 2.00. The standard InChI is InChI=1S/C15H27F3N2/c16-15(17,18)13-6-5-11-20(12-13)10-4-2-1-3-9-19-14-7-8-14/h13-14,19H,1-12H2. The Morgan fingerprint density at radius 3 is 2.45 bits per heavy atom. The largest absolute Gasteiger partial charge is 0.393 e. The molecule has 1 aliphatic carbocycles. The van der Waals surface area contributed by atoms with E-state index in [1.54, 1.807) is 0 Å². The molecule has 0 spiro atoms. The van der Waals surface area contributed by atoms with Crippen LogP contribution in [0.4, 0.5) is 13.2 Å². The van der Waals surface area contributed by atoms with E-state index in [4.69, 9.17) is 0 Å². The Morgan fingerprint density at radius 2 is 1.75 bits per heavy atom. The zero-order valence-electron chi connectivity index (χ0n) is 12.2. The maximum atomic E-state index is 12.7. The highest BCUT2D eigenvalue weighted by molar-refractivity contribution is 4.80. The van der Waals surface area contributed by atoms with Crippen LogP contribution >= 0.6 is 0 Å².